The molecule has 0 bridgehead atoms. The minimum Gasteiger partial charge on any atom is -0.395 e. The fourth-order valence-corrected chi connectivity index (χ4v) is 4.21. The van der Waals surface area contributed by atoms with Crippen molar-refractivity contribution in [3.05, 3.63) is 59.0 Å². The van der Waals surface area contributed by atoms with Gasteiger partial charge in [0.15, 0.2) is 11.5 Å². The number of rotatable bonds is 9. The number of Topliss-reactive ketones (excluding diaryl/α,β-unsaturated/α-hetero) is 1. The number of alkyl halides is 2. The molecule has 37 heavy (non-hydrogen) atoms. The largest absolute Gasteiger partial charge is 0.586 e. The van der Waals surface area contributed by atoms with Gasteiger partial charge in [-0.15, -0.1) is 8.78 Å². The summed E-state index contributed by atoms with van der Waals surface area (Å²) in [5.41, 5.74) is -6.25. The van der Waals surface area contributed by atoms with E-state index in [1.165, 1.54) is 26.8 Å². The zero-order chi connectivity index (χ0) is 37.5. The van der Waals surface area contributed by atoms with Gasteiger partial charge in [-0.25, -0.2) is 4.39 Å². The maximum Gasteiger partial charge on any atom is 0.586 e. The van der Waals surface area contributed by atoms with Gasteiger partial charge in [0.2, 0.25) is 0 Å². The number of carbonyl (C=O) groups excluding carboxylic acids is 1. The van der Waals surface area contributed by atoms with Crippen LogP contribution in [0.1, 0.15) is 73.2 Å². The molecule has 2 aromatic carbocycles. The van der Waals surface area contributed by atoms with Crippen LogP contribution >= 0.6 is 0 Å². The number of ketones is 1. The van der Waals surface area contributed by atoms with Crippen LogP contribution in [-0.2, 0) is 28.6 Å². The molecule has 5 rings (SSSR count). The number of fused-ring (bicyclic) bond motifs is 2. The van der Waals surface area contributed by atoms with Gasteiger partial charge >= 0.3 is 6.29 Å². The van der Waals surface area contributed by atoms with Crippen LogP contribution in [0.25, 0.3) is 10.9 Å². The Balaban J connectivity index is 1.68. The average molecular weight is 530 g/mol. The summed E-state index contributed by atoms with van der Waals surface area (Å²) in [5.74, 6) is -4.77. The number of aromatic nitrogens is 1. The van der Waals surface area contributed by atoms with Gasteiger partial charge < -0.3 is 24.3 Å². The van der Waals surface area contributed by atoms with Crippen LogP contribution in [0.15, 0.2) is 36.3 Å². The summed E-state index contributed by atoms with van der Waals surface area (Å²) < 4.78 is 151. The number of halogens is 3. The van der Waals surface area contributed by atoms with Gasteiger partial charge in [-0.2, -0.15) is 0 Å². The molecule has 0 spiro atoms. The van der Waals surface area contributed by atoms with Crippen LogP contribution in [-0.4, -0.2) is 39.5 Å². The first kappa shape index (κ1) is 14.8. The molecule has 9 heteroatoms. The normalized spacial score (nSPS) is 27.4. The molecule has 6 nitrogen and oxygen atoms in total. The summed E-state index contributed by atoms with van der Waals surface area (Å²) in [4.78, 5) is 14.0. The summed E-state index contributed by atoms with van der Waals surface area (Å²) in [6, 6.07) is -0.333. The SMILES string of the molecule is [2H]c1c([2H])c(C2(C(=O)Cc3cc4cc(C(C)(C)C([2H])([2H])C)n(C[C@@]([2H])(O)C([2H])([2H])O)c4cc3F)C([2H])([2H])C2([2H])[2H])c([2H])c2c1OC(F)(F)O2. The van der Waals surface area contributed by atoms with Crippen molar-refractivity contribution >= 4 is 16.7 Å². The summed E-state index contributed by atoms with van der Waals surface area (Å²) in [5, 5.41) is 20.3. The Labute approximate surface area is 229 Å². The van der Waals surface area contributed by atoms with Gasteiger partial charge in [0, 0.05) is 31.1 Å². The van der Waals surface area contributed by atoms with Crippen molar-refractivity contribution in [2.45, 2.75) is 76.1 Å². The van der Waals surface area contributed by atoms with Gasteiger partial charge in [0.25, 0.3) is 0 Å². The Hall–Kier alpha value is -3.04. The van der Waals surface area contributed by atoms with Crippen LogP contribution < -0.4 is 9.47 Å². The first-order valence-corrected chi connectivity index (χ1v) is 11.1. The molecule has 1 fully saturated rings. The fraction of sp³-hybridized carbons (Fsp3) is 0.464. The predicted molar refractivity (Wildman–Crippen MR) is 131 cm³/mol. The summed E-state index contributed by atoms with van der Waals surface area (Å²) in [6.07, 6.45) is -17.1. The Bertz CT molecular complexity index is 1900. The van der Waals surface area contributed by atoms with E-state index in [0.717, 1.165) is 16.7 Å². The van der Waals surface area contributed by atoms with Crippen LogP contribution in [0.2, 0.25) is 0 Å². The number of aliphatic hydroxyl groups is 2. The monoisotopic (exact) mass is 529 g/mol. The quantitative estimate of drug-likeness (QED) is 0.409. The second kappa shape index (κ2) is 8.77. The maximum atomic E-state index is 15.9. The summed E-state index contributed by atoms with van der Waals surface area (Å²) >= 11 is 0. The van der Waals surface area contributed by atoms with Crippen molar-refractivity contribution in [2.75, 3.05) is 6.56 Å². The minimum absolute atomic E-state index is 0.0111. The Morgan fingerprint density at radius 2 is 2.00 bits per heavy atom. The molecule has 0 amide bonds. The van der Waals surface area contributed by atoms with Gasteiger partial charge in [0.1, 0.15) is 11.6 Å². The Morgan fingerprint density at radius 1 is 1.30 bits per heavy atom. The highest BCUT2D eigenvalue weighted by atomic mass is 19.3. The lowest BCUT2D eigenvalue weighted by Crippen LogP contribution is -2.26. The zero-order valence-corrected chi connectivity index (χ0v) is 19.8. The topological polar surface area (TPSA) is 80.9 Å². The van der Waals surface area contributed by atoms with Crippen LogP contribution in [0, 0.1) is 5.82 Å². The number of ether oxygens (including phenoxy) is 2. The van der Waals surface area contributed by atoms with Gasteiger partial charge in [-0.05, 0) is 60.5 Å². The van der Waals surface area contributed by atoms with E-state index in [-0.39, 0.29) is 16.6 Å². The van der Waals surface area contributed by atoms with Gasteiger partial charge in [0.05, 0.1) is 38.3 Å². The van der Waals surface area contributed by atoms with Crippen LogP contribution in [0.3, 0.4) is 0 Å². The fourth-order valence-electron chi connectivity index (χ4n) is 4.21. The molecule has 2 aliphatic rings. The molecule has 1 aliphatic carbocycles. The average Bonchev–Trinajstić information content (AvgIpc) is 3.24. The molecule has 2 N–H and O–H groups in total. The number of hydrogen-bond acceptors (Lipinski definition) is 5. The van der Waals surface area contributed by atoms with E-state index in [9.17, 15) is 23.8 Å². The smallest absolute Gasteiger partial charge is 0.395 e. The molecule has 2 heterocycles. The standard InChI is InChI=1S/C28H30F3NO5/c1-4-26(2,3)24-10-17-9-16(20(29)13-21(17)32(24)14-19(34)15-33)11-25(35)27(7-8-27)18-5-6-22-23(12-18)37-28(30,31)36-22/h5-6,9-10,12-13,19,33-34H,4,7-8,11,14-15H2,1-3H3/t19-/m1/s1/i4D2,5D,6D,7D2,8D2,12D,15D2,19D. The summed E-state index contributed by atoms with van der Waals surface area (Å²) in [7, 11) is 0. The lowest BCUT2D eigenvalue weighted by atomic mass is 9.86. The third-order valence-electron chi connectivity index (χ3n) is 6.48. The number of carbonyl (C=O) groups is 1. The van der Waals surface area contributed by atoms with Gasteiger partial charge in [-0.3, -0.25) is 4.79 Å². The lowest BCUT2D eigenvalue weighted by molar-refractivity contribution is -0.286. The lowest BCUT2D eigenvalue weighted by Gasteiger charge is -2.26. The van der Waals surface area contributed by atoms with Crippen molar-refractivity contribution in [3.63, 3.8) is 0 Å². The minimum atomic E-state index is -4.38. The molecule has 0 radical (unpaired) electrons. The second-order valence-electron chi connectivity index (χ2n) is 9.23. The Morgan fingerprint density at radius 3 is 2.65 bits per heavy atom. The van der Waals surface area contributed by atoms with Crippen molar-refractivity contribution in [2.24, 2.45) is 0 Å². The van der Waals surface area contributed by atoms with E-state index in [0.29, 0.717) is 0 Å². The molecule has 0 unspecified atom stereocenters. The molecule has 3 aromatic rings. The molecule has 0 saturated heterocycles. The van der Waals surface area contributed by atoms with E-state index < -0.39 is 114 Å². The highest BCUT2D eigenvalue weighted by Crippen LogP contribution is 2.52. The second-order valence-corrected chi connectivity index (χ2v) is 9.23. The van der Waals surface area contributed by atoms with Crippen LogP contribution in [0.4, 0.5) is 13.2 Å². The zero-order valence-electron chi connectivity index (χ0n) is 31.8. The first-order chi connectivity index (χ1) is 21.9. The van der Waals surface area contributed by atoms with E-state index in [1.807, 2.05) is 0 Å². The molecule has 1 saturated carbocycles. The molecule has 1 aliphatic heterocycles. The van der Waals surface area contributed by atoms with Gasteiger partial charge in [-0.1, -0.05) is 26.8 Å². The third kappa shape index (κ3) is 4.48. The molecule has 198 valence electrons. The van der Waals surface area contributed by atoms with Crippen molar-refractivity contribution < 1.29 is 54.1 Å². The highest BCUT2D eigenvalue weighted by Gasteiger charge is 2.52. The van der Waals surface area contributed by atoms with Crippen LogP contribution in [0.5, 0.6) is 11.5 Å². The number of nitrogens with zero attached hydrogens (tertiary/aromatic N) is 1. The number of hydrogen-bond donors (Lipinski definition) is 2. The molecular formula is C28H30F3NO5. The molecular weight excluding hydrogens is 487 g/mol. The van der Waals surface area contributed by atoms with E-state index in [1.54, 1.807) is 0 Å². The van der Waals surface area contributed by atoms with Crippen molar-refractivity contribution in [1.29, 1.82) is 0 Å². The van der Waals surface area contributed by atoms with Crippen molar-refractivity contribution in [3.8, 4) is 11.5 Å². The number of benzene rings is 2. The van der Waals surface area contributed by atoms with E-state index in [4.69, 9.17) is 16.4 Å². The molecule has 1 aromatic heterocycles. The van der Waals surface area contributed by atoms with Crippen molar-refractivity contribution in [1.82, 2.24) is 4.57 Å². The third-order valence-corrected chi connectivity index (χ3v) is 6.48. The van der Waals surface area contributed by atoms with E-state index in [2.05, 4.69) is 9.47 Å². The highest BCUT2D eigenvalue weighted by molar-refractivity contribution is 5.95. The first-order valence-electron chi connectivity index (χ1n) is 17.1. The van der Waals surface area contributed by atoms with E-state index >= 15 is 4.39 Å². The summed E-state index contributed by atoms with van der Waals surface area (Å²) in [6.45, 7) is -0.416. The maximum absolute atomic E-state index is 15.9. The molecule has 1 atom stereocenters. The Kier molecular flexibility index (Phi) is 3.50. The predicted octanol–water partition coefficient (Wildman–Crippen LogP) is 4.99.